The van der Waals surface area contributed by atoms with Gasteiger partial charge in [-0.15, -0.1) is 0 Å². The van der Waals surface area contributed by atoms with E-state index in [1.807, 2.05) is 0 Å². The molecular weight excluding hydrogens is 378 g/mol. The number of benzene rings is 2. The fourth-order valence-electron chi connectivity index (χ4n) is 2.87. The monoisotopic (exact) mass is 393 g/mol. The van der Waals surface area contributed by atoms with Crippen molar-refractivity contribution in [2.75, 3.05) is 6.61 Å². The van der Waals surface area contributed by atoms with Gasteiger partial charge in [-0.2, -0.15) is 13.2 Å². The second-order valence-electron chi connectivity index (χ2n) is 6.01. The first-order chi connectivity index (χ1) is 13.2. The lowest BCUT2D eigenvalue weighted by molar-refractivity contribution is -0.267. The van der Waals surface area contributed by atoms with Gasteiger partial charge in [-0.05, 0) is 37.3 Å². The number of hydrogen-bond acceptors (Lipinski definition) is 4. The van der Waals surface area contributed by atoms with E-state index in [2.05, 4.69) is 9.72 Å². The molecule has 0 amide bonds. The molecule has 1 unspecified atom stereocenters. The zero-order valence-corrected chi connectivity index (χ0v) is 14.6. The lowest BCUT2D eigenvalue weighted by atomic mass is 9.87. The highest BCUT2D eigenvalue weighted by molar-refractivity contribution is 5.87. The number of ether oxygens (including phenoxy) is 1. The summed E-state index contributed by atoms with van der Waals surface area (Å²) < 4.78 is 59.5. The molecular formula is C20H15F4NO3. The van der Waals surface area contributed by atoms with Gasteiger partial charge in [-0.25, -0.2) is 14.2 Å². The lowest BCUT2D eigenvalue weighted by Crippen LogP contribution is -2.50. The van der Waals surface area contributed by atoms with Crippen LogP contribution in [-0.4, -0.2) is 28.8 Å². The van der Waals surface area contributed by atoms with Crippen LogP contribution < -0.4 is 0 Å². The summed E-state index contributed by atoms with van der Waals surface area (Å²) in [5, 5.41) is 11.1. The Bertz CT molecular complexity index is 1040. The van der Waals surface area contributed by atoms with E-state index in [-0.39, 0.29) is 11.3 Å². The fourth-order valence-corrected chi connectivity index (χ4v) is 2.87. The summed E-state index contributed by atoms with van der Waals surface area (Å²) in [5.74, 6) is -2.98. The summed E-state index contributed by atoms with van der Waals surface area (Å²) in [7, 11) is 0. The fraction of sp³-hybridized carbons (Fsp3) is 0.200. The van der Waals surface area contributed by atoms with Crippen molar-refractivity contribution in [3.05, 3.63) is 66.0 Å². The van der Waals surface area contributed by atoms with Gasteiger partial charge in [0.15, 0.2) is 0 Å². The van der Waals surface area contributed by atoms with E-state index in [1.165, 1.54) is 13.0 Å². The summed E-state index contributed by atoms with van der Waals surface area (Å²) in [6.07, 6.45) is -5.45. The molecule has 146 valence electrons. The quantitative estimate of drug-likeness (QED) is 0.529. The SMILES string of the molecule is CCOC(=O)C(O)(c1cc(F)ccc1-c1ccc2ccccc2n1)C(F)(F)F. The maximum atomic E-state index is 13.8. The van der Waals surface area contributed by atoms with Crippen LogP contribution in [0.3, 0.4) is 0 Å². The van der Waals surface area contributed by atoms with Crippen LogP contribution in [0.25, 0.3) is 22.2 Å². The molecule has 3 aromatic rings. The third-order valence-corrected chi connectivity index (χ3v) is 4.23. The summed E-state index contributed by atoms with van der Waals surface area (Å²) in [6, 6.07) is 12.4. The number of hydrogen-bond donors (Lipinski definition) is 1. The Hall–Kier alpha value is -3.00. The van der Waals surface area contributed by atoms with Crippen LogP contribution in [0.1, 0.15) is 12.5 Å². The van der Waals surface area contributed by atoms with Crippen molar-refractivity contribution in [2.45, 2.75) is 18.7 Å². The minimum Gasteiger partial charge on any atom is -0.463 e. The Labute approximate surface area is 157 Å². The molecule has 1 aromatic heterocycles. The Morgan fingerprint density at radius 2 is 1.82 bits per heavy atom. The summed E-state index contributed by atoms with van der Waals surface area (Å²) in [6.45, 7) is 0.905. The van der Waals surface area contributed by atoms with Crippen LogP contribution in [0.2, 0.25) is 0 Å². The first-order valence-electron chi connectivity index (χ1n) is 8.31. The number of esters is 1. The molecule has 0 radical (unpaired) electrons. The minimum absolute atomic E-state index is 0.0423. The number of fused-ring (bicyclic) bond motifs is 1. The van der Waals surface area contributed by atoms with Gasteiger partial charge in [0.2, 0.25) is 0 Å². The Kier molecular flexibility index (Phi) is 5.08. The molecule has 3 rings (SSSR count). The standard InChI is InChI=1S/C20H15F4NO3/c1-2-28-18(26)19(27,20(22,23)24)15-11-13(21)8-9-14(15)17-10-7-12-5-3-4-6-16(12)25-17/h3-11,27H,2H2,1H3. The molecule has 0 saturated heterocycles. The Balaban J connectivity index is 2.28. The number of rotatable bonds is 4. The molecule has 0 aliphatic carbocycles. The molecule has 28 heavy (non-hydrogen) atoms. The van der Waals surface area contributed by atoms with Crippen LogP contribution in [0.15, 0.2) is 54.6 Å². The number of aromatic nitrogens is 1. The van der Waals surface area contributed by atoms with Crippen LogP contribution >= 0.6 is 0 Å². The highest BCUT2D eigenvalue weighted by Gasteiger charge is 2.63. The minimum atomic E-state index is -5.45. The average Bonchev–Trinajstić information content (AvgIpc) is 2.66. The normalized spacial score (nSPS) is 13.9. The molecule has 1 atom stereocenters. The third-order valence-electron chi connectivity index (χ3n) is 4.23. The van der Waals surface area contributed by atoms with E-state index < -0.39 is 35.7 Å². The predicted molar refractivity (Wildman–Crippen MR) is 93.7 cm³/mol. The summed E-state index contributed by atoms with van der Waals surface area (Å²) in [5.41, 5.74) is -4.74. The van der Waals surface area contributed by atoms with Crippen molar-refractivity contribution < 1.29 is 32.2 Å². The van der Waals surface area contributed by atoms with E-state index in [9.17, 15) is 27.5 Å². The average molecular weight is 393 g/mol. The van der Waals surface area contributed by atoms with Crippen molar-refractivity contribution in [1.29, 1.82) is 0 Å². The highest BCUT2D eigenvalue weighted by atomic mass is 19.4. The number of carbonyl (C=O) groups is 1. The number of nitrogens with zero attached hydrogens (tertiary/aromatic N) is 1. The first-order valence-corrected chi connectivity index (χ1v) is 8.31. The number of carbonyl (C=O) groups excluding carboxylic acids is 1. The molecule has 1 N–H and O–H groups in total. The second kappa shape index (κ2) is 7.20. The number of para-hydroxylation sites is 1. The largest absolute Gasteiger partial charge is 0.463 e. The number of halogens is 4. The van der Waals surface area contributed by atoms with Gasteiger partial charge >= 0.3 is 12.1 Å². The van der Waals surface area contributed by atoms with Crippen molar-refractivity contribution in [3.63, 3.8) is 0 Å². The van der Waals surface area contributed by atoms with Crippen LogP contribution in [-0.2, 0) is 15.1 Å². The predicted octanol–water partition coefficient (Wildman–Crippen LogP) is 4.35. The van der Waals surface area contributed by atoms with Gasteiger partial charge in [-0.1, -0.05) is 24.3 Å². The number of alkyl halides is 3. The molecule has 0 bridgehead atoms. The molecule has 1 heterocycles. The van der Waals surface area contributed by atoms with E-state index in [4.69, 9.17) is 0 Å². The molecule has 0 aliphatic rings. The van der Waals surface area contributed by atoms with Gasteiger partial charge in [0.05, 0.1) is 17.8 Å². The number of aliphatic hydroxyl groups is 1. The Morgan fingerprint density at radius 3 is 2.50 bits per heavy atom. The van der Waals surface area contributed by atoms with Crippen LogP contribution in [0, 0.1) is 5.82 Å². The van der Waals surface area contributed by atoms with Crippen molar-refractivity contribution >= 4 is 16.9 Å². The molecule has 0 spiro atoms. The van der Waals surface area contributed by atoms with Crippen molar-refractivity contribution in [3.8, 4) is 11.3 Å². The van der Waals surface area contributed by atoms with Gasteiger partial charge in [0.25, 0.3) is 5.60 Å². The van der Waals surface area contributed by atoms with Crippen molar-refractivity contribution in [1.82, 2.24) is 4.98 Å². The smallest absolute Gasteiger partial charge is 0.432 e. The van der Waals surface area contributed by atoms with Gasteiger partial charge in [0, 0.05) is 16.5 Å². The topological polar surface area (TPSA) is 59.4 Å². The molecule has 0 saturated carbocycles. The number of pyridine rings is 1. The molecule has 0 aliphatic heterocycles. The molecule has 0 fully saturated rings. The Morgan fingerprint density at radius 1 is 1.11 bits per heavy atom. The molecule has 2 aromatic carbocycles. The van der Waals surface area contributed by atoms with E-state index in [0.29, 0.717) is 11.6 Å². The van der Waals surface area contributed by atoms with Crippen LogP contribution in [0.5, 0.6) is 0 Å². The third kappa shape index (κ3) is 3.31. The molecule has 4 nitrogen and oxygen atoms in total. The van der Waals surface area contributed by atoms with Crippen molar-refractivity contribution in [2.24, 2.45) is 0 Å². The van der Waals surface area contributed by atoms with E-state index in [1.54, 1.807) is 30.3 Å². The van der Waals surface area contributed by atoms with Gasteiger partial charge in [-0.3, -0.25) is 0 Å². The lowest BCUT2D eigenvalue weighted by Gasteiger charge is -2.30. The van der Waals surface area contributed by atoms with Gasteiger partial charge in [0.1, 0.15) is 5.82 Å². The molecule has 8 heteroatoms. The van der Waals surface area contributed by atoms with Crippen LogP contribution in [0.4, 0.5) is 17.6 Å². The maximum Gasteiger partial charge on any atom is 0.432 e. The second-order valence-corrected chi connectivity index (χ2v) is 6.01. The van der Waals surface area contributed by atoms with Gasteiger partial charge < -0.3 is 9.84 Å². The maximum absolute atomic E-state index is 13.8. The summed E-state index contributed by atoms with van der Waals surface area (Å²) in [4.78, 5) is 16.4. The summed E-state index contributed by atoms with van der Waals surface area (Å²) >= 11 is 0. The zero-order valence-electron chi connectivity index (χ0n) is 14.6. The zero-order chi connectivity index (χ0) is 20.5. The highest BCUT2D eigenvalue weighted by Crippen LogP contribution is 2.44. The first kappa shape index (κ1) is 19.8. The van der Waals surface area contributed by atoms with E-state index in [0.717, 1.165) is 17.5 Å². The van der Waals surface area contributed by atoms with E-state index >= 15 is 0 Å².